The van der Waals surface area contributed by atoms with Crippen LogP contribution in [0.2, 0.25) is 0 Å². The summed E-state index contributed by atoms with van der Waals surface area (Å²) in [6.07, 6.45) is 0. The minimum absolute atomic E-state index is 0.484. The van der Waals surface area contributed by atoms with Gasteiger partial charge in [-0.1, -0.05) is 41.9 Å². The van der Waals surface area contributed by atoms with Crippen molar-refractivity contribution in [2.24, 2.45) is 0 Å². The van der Waals surface area contributed by atoms with Crippen LogP contribution in [0, 0.1) is 0 Å². The van der Waals surface area contributed by atoms with Gasteiger partial charge in [0.15, 0.2) is 0 Å². The van der Waals surface area contributed by atoms with E-state index in [0.717, 1.165) is 5.46 Å². The Morgan fingerprint density at radius 3 is 2.19 bits per heavy atom. The molecule has 2 nitrogen and oxygen atoms in total. The van der Waals surface area contributed by atoms with Crippen molar-refractivity contribution in [3.63, 3.8) is 0 Å². The molecule has 0 unspecified atom stereocenters. The molecule has 1 N–H and O–H groups in total. The molecule has 0 amide bonds. The van der Waals surface area contributed by atoms with E-state index in [1.165, 1.54) is 30.9 Å². The van der Waals surface area contributed by atoms with Gasteiger partial charge in [0.2, 0.25) is 0 Å². The summed E-state index contributed by atoms with van der Waals surface area (Å²) in [6, 6.07) is 19.6. The van der Waals surface area contributed by atoms with Gasteiger partial charge in [-0.05, 0) is 62.1 Å². The zero-order valence-electron chi connectivity index (χ0n) is 15.7. The molecule has 0 fully saturated rings. The van der Waals surface area contributed by atoms with Crippen molar-refractivity contribution in [3.05, 3.63) is 54.6 Å². The molecular weight excluding hydrogens is 339 g/mol. The quantitative estimate of drug-likeness (QED) is 0.531. The zero-order valence-corrected chi connectivity index (χ0v) is 16.5. The first kappa shape index (κ1) is 17.5. The van der Waals surface area contributed by atoms with Gasteiger partial charge >= 0.3 is 7.48 Å². The molecule has 132 valence electrons. The number of hydrogen-bond acceptors (Lipinski definition) is 3. The second-order valence-electron chi connectivity index (χ2n) is 7.99. The maximum Gasteiger partial charge on any atom is 0.309 e. The summed E-state index contributed by atoms with van der Waals surface area (Å²) in [5.74, 6) is 0. The van der Waals surface area contributed by atoms with Crippen LogP contribution >= 0.6 is 11.3 Å². The van der Waals surface area contributed by atoms with Crippen molar-refractivity contribution in [2.75, 3.05) is 0 Å². The monoisotopic (exact) mass is 362 g/mol. The first-order valence-electron chi connectivity index (χ1n) is 8.95. The zero-order chi connectivity index (χ0) is 18.5. The van der Waals surface area contributed by atoms with Gasteiger partial charge in [-0.15, -0.1) is 11.3 Å². The lowest BCUT2D eigenvalue weighted by Gasteiger charge is -2.37. The predicted octanol–water partition coefficient (Wildman–Crippen LogP) is 4.75. The largest absolute Gasteiger partial charge is 0.427 e. The number of aliphatic hydroxyl groups is 1. The highest BCUT2D eigenvalue weighted by molar-refractivity contribution is 7.25. The number of hydrogen-bond donors (Lipinski definition) is 1. The van der Waals surface area contributed by atoms with Gasteiger partial charge in [0.05, 0.1) is 11.2 Å². The minimum atomic E-state index is -0.898. The number of fused-ring (bicyclic) bond motifs is 4. The van der Waals surface area contributed by atoms with Crippen LogP contribution in [0.25, 0.3) is 30.9 Å². The lowest BCUT2D eigenvalue weighted by atomic mass is 9.82. The van der Waals surface area contributed by atoms with Gasteiger partial charge in [0.25, 0.3) is 0 Å². The van der Waals surface area contributed by atoms with E-state index in [2.05, 4.69) is 54.6 Å². The fourth-order valence-corrected chi connectivity index (χ4v) is 4.16. The van der Waals surface area contributed by atoms with Crippen LogP contribution in [0.5, 0.6) is 0 Å². The average Bonchev–Trinajstić information content (AvgIpc) is 2.94. The van der Waals surface area contributed by atoms with Crippen LogP contribution in [0.1, 0.15) is 27.7 Å². The maximum atomic E-state index is 10.3. The molecule has 0 aliphatic rings. The Labute approximate surface area is 158 Å². The summed E-state index contributed by atoms with van der Waals surface area (Å²) < 4.78 is 8.65. The lowest BCUT2D eigenvalue weighted by Crippen LogP contribution is -2.49. The third-order valence-electron chi connectivity index (χ3n) is 5.48. The van der Waals surface area contributed by atoms with Crippen LogP contribution in [-0.2, 0) is 4.65 Å². The first-order valence-corrected chi connectivity index (χ1v) is 9.76. The first-order chi connectivity index (χ1) is 12.2. The van der Waals surface area contributed by atoms with Crippen molar-refractivity contribution in [1.82, 2.24) is 0 Å². The highest BCUT2D eigenvalue weighted by Gasteiger charge is 2.35. The SMILES string of the molecule is CC(C)(O)C(C)(C)OBc1ccc2sc3cc4ccccc4cc3c2c1. The lowest BCUT2D eigenvalue weighted by molar-refractivity contribution is -0.0893. The minimum Gasteiger partial charge on any atom is -0.427 e. The molecule has 1 heterocycles. The molecule has 26 heavy (non-hydrogen) atoms. The topological polar surface area (TPSA) is 29.5 Å². The highest BCUT2D eigenvalue weighted by Crippen LogP contribution is 2.36. The van der Waals surface area contributed by atoms with Gasteiger partial charge in [0, 0.05) is 14.8 Å². The standard InChI is InChI=1S/C22H23BO2S/c1-21(2,24)22(3,4)25-23-16-9-10-19-18(13-16)17-11-14-7-5-6-8-15(14)12-20(17)26-19/h5-13,23-24H,1-4H3. The van der Waals surface area contributed by atoms with Gasteiger partial charge < -0.3 is 9.76 Å². The number of rotatable bonds is 4. The molecule has 3 aromatic carbocycles. The normalized spacial score (nSPS) is 13.0. The Kier molecular flexibility index (Phi) is 4.10. The Morgan fingerprint density at radius 1 is 0.846 bits per heavy atom. The molecule has 0 saturated carbocycles. The summed E-state index contributed by atoms with van der Waals surface area (Å²) in [5, 5.41) is 15.4. The van der Waals surface area contributed by atoms with Crippen molar-refractivity contribution in [1.29, 1.82) is 0 Å². The Morgan fingerprint density at radius 2 is 1.50 bits per heavy atom. The van der Waals surface area contributed by atoms with Crippen LogP contribution in [-0.4, -0.2) is 23.8 Å². The van der Waals surface area contributed by atoms with E-state index in [-0.39, 0.29) is 0 Å². The van der Waals surface area contributed by atoms with E-state index in [1.54, 1.807) is 13.8 Å². The number of thiophene rings is 1. The molecule has 4 aromatic rings. The van der Waals surface area contributed by atoms with Crippen LogP contribution in [0.15, 0.2) is 54.6 Å². The van der Waals surface area contributed by atoms with Gasteiger partial charge in [-0.3, -0.25) is 0 Å². The third kappa shape index (κ3) is 3.03. The van der Waals surface area contributed by atoms with Crippen molar-refractivity contribution in [2.45, 2.75) is 38.9 Å². The second-order valence-corrected chi connectivity index (χ2v) is 9.07. The molecule has 4 rings (SSSR count). The Balaban J connectivity index is 1.74. The molecule has 4 heteroatoms. The van der Waals surface area contributed by atoms with Gasteiger partial charge in [0.1, 0.15) is 0 Å². The predicted molar refractivity (Wildman–Crippen MR) is 115 cm³/mol. The average molecular weight is 362 g/mol. The van der Waals surface area contributed by atoms with Crippen LogP contribution in [0.3, 0.4) is 0 Å². The van der Waals surface area contributed by atoms with Crippen molar-refractivity contribution < 1.29 is 9.76 Å². The van der Waals surface area contributed by atoms with E-state index < -0.39 is 11.2 Å². The molecule has 1 aromatic heterocycles. The fraction of sp³-hybridized carbons (Fsp3) is 0.273. The molecule has 0 bridgehead atoms. The second kappa shape index (κ2) is 6.09. The smallest absolute Gasteiger partial charge is 0.309 e. The summed E-state index contributed by atoms with van der Waals surface area (Å²) in [5.41, 5.74) is -0.386. The highest BCUT2D eigenvalue weighted by atomic mass is 32.1. The molecule has 0 saturated heterocycles. The molecule has 0 aliphatic heterocycles. The van der Waals surface area contributed by atoms with Crippen LogP contribution < -0.4 is 5.46 Å². The van der Waals surface area contributed by atoms with Crippen molar-refractivity contribution in [3.8, 4) is 0 Å². The summed E-state index contributed by atoms with van der Waals surface area (Å²) in [4.78, 5) is 0. The molecule has 0 radical (unpaired) electrons. The Hall–Kier alpha value is -1.88. The molecule has 0 atom stereocenters. The third-order valence-corrected chi connectivity index (χ3v) is 6.61. The molecular formula is C22H23BO2S. The van der Waals surface area contributed by atoms with Gasteiger partial charge in [-0.2, -0.15) is 0 Å². The van der Waals surface area contributed by atoms with E-state index in [4.69, 9.17) is 4.65 Å². The van der Waals surface area contributed by atoms with Gasteiger partial charge in [-0.25, -0.2) is 0 Å². The van der Waals surface area contributed by atoms with E-state index in [0.29, 0.717) is 7.48 Å². The molecule has 0 aliphatic carbocycles. The Bertz CT molecular complexity index is 1110. The summed E-state index contributed by atoms with van der Waals surface area (Å²) in [6.45, 7) is 7.43. The van der Waals surface area contributed by atoms with E-state index >= 15 is 0 Å². The van der Waals surface area contributed by atoms with E-state index in [1.807, 2.05) is 25.2 Å². The fourth-order valence-electron chi connectivity index (χ4n) is 3.04. The molecule has 0 spiro atoms. The number of benzene rings is 3. The van der Waals surface area contributed by atoms with Crippen molar-refractivity contribution >= 4 is 55.2 Å². The van der Waals surface area contributed by atoms with Crippen LogP contribution in [0.4, 0.5) is 0 Å². The summed E-state index contributed by atoms with van der Waals surface area (Å²) >= 11 is 1.83. The maximum absolute atomic E-state index is 10.3. The van der Waals surface area contributed by atoms with E-state index in [9.17, 15) is 5.11 Å². The summed E-state index contributed by atoms with van der Waals surface area (Å²) in [7, 11) is 0.484.